The lowest BCUT2D eigenvalue weighted by Crippen LogP contribution is -2.38. The van der Waals surface area contributed by atoms with Crippen LogP contribution in [0.4, 0.5) is 4.39 Å². The molecule has 0 aliphatic rings. The van der Waals surface area contributed by atoms with Gasteiger partial charge in [-0.3, -0.25) is 0 Å². The van der Waals surface area contributed by atoms with E-state index in [1.54, 1.807) is 6.07 Å². The molecule has 0 spiro atoms. The predicted molar refractivity (Wildman–Crippen MR) is 81.3 cm³/mol. The van der Waals surface area contributed by atoms with E-state index in [2.05, 4.69) is 39.9 Å². The highest BCUT2D eigenvalue weighted by molar-refractivity contribution is 6.30. The van der Waals surface area contributed by atoms with Crippen LogP contribution < -0.4 is 5.32 Å². The van der Waals surface area contributed by atoms with E-state index in [0.29, 0.717) is 12.0 Å². The number of hydrogen-bond acceptors (Lipinski definition) is 1. The summed E-state index contributed by atoms with van der Waals surface area (Å²) < 4.78 is 13.9. The highest BCUT2D eigenvalue weighted by atomic mass is 35.5. The minimum Gasteiger partial charge on any atom is -0.312 e. The molecule has 0 saturated heterocycles. The van der Waals surface area contributed by atoms with Crippen LogP contribution >= 0.6 is 11.6 Å². The van der Waals surface area contributed by atoms with Crippen LogP contribution in [0.2, 0.25) is 5.02 Å². The third-order valence-electron chi connectivity index (χ3n) is 3.16. The summed E-state index contributed by atoms with van der Waals surface area (Å²) >= 11 is 5.82. The Morgan fingerprint density at radius 3 is 2.37 bits per heavy atom. The van der Waals surface area contributed by atoms with Crippen molar-refractivity contribution >= 4 is 11.6 Å². The van der Waals surface area contributed by atoms with E-state index < -0.39 is 0 Å². The molecule has 0 bridgehead atoms. The normalized spacial score (nSPS) is 12.8. The van der Waals surface area contributed by atoms with Crippen molar-refractivity contribution in [1.29, 1.82) is 0 Å². The lowest BCUT2D eigenvalue weighted by Gasteiger charge is -2.28. The summed E-state index contributed by atoms with van der Waals surface area (Å²) in [6, 6.07) is 5.22. The van der Waals surface area contributed by atoms with Crippen molar-refractivity contribution in [3.05, 3.63) is 34.6 Å². The van der Waals surface area contributed by atoms with Gasteiger partial charge in [0.05, 0.1) is 5.02 Å². The van der Waals surface area contributed by atoms with E-state index in [-0.39, 0.29) is 21.8 Å². The van der Waals surface area contributed by atoms with Crippen LogP contribution in [-0.2, 0) is 6.42 Å². The number of rotatable bonds is 5. The number of halogens is 2. The molecule has 0 amide bonds. The maximum atomic E-state index is 13.9. The quantitative estimate of drug-likeness (QED) is 0.817. The highest BCUT2D eigenvalue weighted by Gasteiger charge is 2.21. The Labute approximate surface area is 121 Å². The molecule has 0 atom stereocenters. The first-order valence-corrected chi connectivity index (χ1v) is 7.16. The van der Waals surface area contributed by atoms with Crippen LogP contribution in [0.5, 0.6) is 0 Å². The molecule has 0 saturated carbocycles. The van der Waals surface area contributed by atoms with Gasteiger partial charge in [-0.2, -0.15) is 0 Å². The second-order valence-electron chi connectivity index (χ2n) is 6.98. The lowest BCUT2D eigenvalue weighted by atomic mass is 9.82. The number of nitrogens with one attached hydrogen (secondary N) is 1. The SMILES string of the molecule is CC(C)(CCNC(C)(C)C)Cc1cccc(Cl)c1F. The van der Waals surface area contributed by atoms with Gasteiger partial charge in [0.1, 0.15) is 5.82 Å². The summed E-state index contributed by atoms with van der Waals surface area (Å²) in [5.74, 6) is -0.277. The molecule has 1 nitrogen and oxygen atoms in total. The molecule has 1 rings (SSSR count). The maximum Gasteiger partial charge on any atom is 0.144 e. The van der Waals surface area contributed by atoms with E-state index in [4.69, 9.17) is 11.6 Å². The van der Waals surface area contributed by atoms with Gasteiger partial charge in [0.15, 0.2) is 0 Å². The Balaban J connectivity index is 2.61. The third-order valence-corrected chi connectivity index (χ3v) is 3.45. The van der Waals surface area contributed by atoms with Crippen LogP contribution in [0.3, 0.4) is 0 Å². The summed E-state index contributed by atoms with van der Waals surface area (Å²) in [7, 11) is 0. The second-order valence-corrected chi connectivity index (χ2v) is 7.39. The van der Waals surface area contributed by atoms with Crippen molar-refractivity contribution in [3.8, 4) is 0 Å². The Morgan fingerprint density at radius 2 is 1.79 bits per heavy atom. The van der Waals surface area contributed by atoms with Crippen molar-refractivity contribution in [2.75, 3.05) is 6.54 Å². The fraction of sp³-hybridized carbons (Fsp3) is 0.625. The third kappa shape index (κ3) is 5.92. The molecule has 0 radical (unpaired) electrons. The van der Waals surface area contributed by atoms with Crippen LogP contribution in [-0.4, -0.2) is 12.1 Å². The van der Waals surface area contributed by atoms with Crippen molar-refractivity contribution in [1.82, 2.24) is 5.32 Å². The monoisotopic (exact) mass is 285 g/mol. The molecule has 0 heterocycles. The largest absolute Gasteiger partial charge is 0.312 e. The van der Waals surface area contributed by atoms with E-state index in [9.17, 15) is 4.39 Å². The van der Waals surface area contributed by atoms with Crippen LogP contribution in [0.1, 0.15) is 46.6 Å². The maximum absolute atomic E-state index is 13.9. The molecule has 1 aromatic carbocycles. The minimum atomic E-state index is -0.277. The van der Waals surface area contributed by atoms with Crippen LogP contribution in [0.15, 0.2) is 18.2 Å². The molecule has 0 aliphatic carbocycles. The Kier molecular flexibility index (Phi) is 5.40. The van der Waals surface area contributed by atoms with Gasteiger partial charge in [0, 0.05) is 5.54 Å². The smallest absolute Gasteiger partial charge is 0.144 e. The zero-order valence-electron chi connectivity index (χ0n) is 12.6. The minimum absolute atomic E-state index is 0.0454. The van der Waals surface area contributed by atoms with E-state index in [0.717, 1.165) is 13.0 Å². The van der Waals surface area contributed by atoms with E-state index in [1.807, 2.05) is 12.1 Å². The Bertz CT molecular complexity index is 421. The number of hydrogen-bond donors (Lipinski definition) is 1. The summed E-state index contributed by atoms with van der Waals surface area (Å²) in [6.07, 6.45) is 1.70. The van der Waals surface area contributed by atoms with E-state index in [1.165, 1.54) is 0 Å². The van der Waals surface area contributed by atoms with Crippen molar-refractivity contribution < 1.29 is 4.39 Å². The summed E-state index contributed by atoms with van der Waals surface area (Å²) in [5, 5.41) is 3.68. The molecule has 1 aromatic rings. The predicted octanol–water partition coefficient (Wildman–Crippen LogP) is 4.83. The van der Waals surface area contributed by atoms with Gasteiger partial charge >= 0.3 is 0 Å². The van der Waals surface area contributed by atoms with Gasteiger partial charge in [-0.15, -0.1) is 0 Å². The molecule has 0 fully saturated rings. The molecule has 0 unspecified atom stereocenters. The standard InChI is InChI=1S/C16H25ClFN/c1-15(2,3)19-10-9-16(4,5)11-12-7-6-8-13(17)14(12)18/h6-8,19H,9-11H2,1-5H3. The fourth-order valence-electron chi connectivity index (χ4n) is 2.06. The van der Waals surface area contributed by atoms with Gasteiger partial charge in [0.2, 0.25) is 0 Å². The molecule has 3 heteroatoms. The van der Waals surface area contributed by atoms with Gasteiger partial charge in [-0.05, 0) is 57.2 Å². The summed E-state index contributed by atoms with van der Waals surface area (Å²) in [4.78, 5) is 0. The molecule has 0 aliphatic heterocycles. The van der Waals surface area contributed by atoms with Crippen molar-refractivity contribution in [3.63, 3.8) is 0 Å². The summed E-state index contributed by atoms with van der Waals surface area (Å²) in [6.45, 7) is 11.7. The molecule has 19 heavy (non-hydrogen) atoms. The van der Waals surface area contributed by atoms with Crippen LogP contribution in [0.25, 0.3) is 0 Å². The average Bonchev–Trinajstić information content (AvgIpc) is 2.22. The van der Waals surface area contributed by atoms with Gasteiger partial charge < -0.3 is 5.32 Å². The Morgan fingerprint density at radius 1 is 1.16 bits per heavy atom. The molecule has 0 aromatic heterocycles. The molecular weight excluding hydrogens is 261 g/mol. The van der Waals surface area contributed by atoms with Crippen molar-refractivity contribution in [2.24, 2.45) is 5.41 Å². The first-order chi connectivity index (χ1) is 8.61. The topological polar surface area (TPSA) is 12.0 Å². The fourth-order valence-corrected chi connectivity index (χ4v) is 2.26. The van der Waals surface area contributed by atoms with Gasteiger partial charge in [-0.1, -0.05) is 37.6 Å². The van der Waals surface area contributed by atoms with E-state index >= 15 is 0 Å². The Hall–Kier alpha value is -0.600. The summed E-state index contributed by atoms with van der Waals surface area (Å²) in [5.41, 5.74) is 0.870. The van der Waals surface area contributed by atoms with Crippen LogP contribution in [0, 0.1) is 11.2 Å². The zero-order valence-corrected chi connectivity index (χ0v) is 13.4. The van der Waals surface area contributed by atoms with Crippen molar-refractivity contribution in [2.45, 2.75) is 53.0 Å². The molecule has 1 N–H and O–H groups in total. The highest BCUT2D eigenvalue weighted by Crippen LogP contribution is 2.29. The molecular formula is C16H25ClFN. The van der Waals surface area contributed by atoms with Gasteiger partial charge in [0.25, 0.3) is 0 Å². The molecule has 108 valence electrons. The van der Waals surface area contributed by atoms with Gasteiger partial charge in [-0.25, -0.2) is 4.39 Å². The first-order valence-electron chi connectivity index (χ1n) is 6.79. The number of benzene rings is 1. The first kappa shape index (κ1) is 16.5. The average molecular weight is 286 g/mol. The lowest BCUT2D eigenvalue weighted by molar-refractivity contribution is 0.299. The zero-order chi connectivity index (χ0) is 14.7. The second kappa shape index (κ2) is 6.23.